The van der Waals surface area contributed by atoms with E-state index in [1.54, 1.807) is 57.5 Å². The van der Waals surface area contributed by atoms with Gasteiger partial charge in [-0.15, -0.1) is 0 Å². The third kappa shape index (κ3) is 4.16. The first kappa shape index (κ1) is 20.2. The van der Waals surface area contributed by atoms with Gasteiger partial charge in [-0.2, -0.15) is 0 Å². The lowest BCUT2D eigenvalue weighted by molar-refractivity contribution is -0.134. The van der Waals surface area contributed by atoms with Gasteiger partial charge in [0.2, 0.25) is 5.91 Å². The Labute approximate surface area is 168 Å². The van der Waals surface area contributed by atoms with Crippen LogP contribution in [0, 0.1) is 0 Å². The molecule has 1 aliphatic rings. The number of carbonyl (C=O) groups excluding carboxylic acids is 3. The lowest BCUT2D eigenvalue weighted by atomic mass is 9.92. The quantitative estimate of drug-likeness (QED) is 0.695. The molecule has 0 radical (unpaired) electrons. The van der Waals surface area contributed by atoms with Crippen molar-refractivity contribution in [2.75, 3.05) is 20.8 Å². The van der Waals surface area contributed by atoms with E-state index >= 15 is 0 Å². The third-order valence-corrected chi connectivity index (χ3v) is 4.87. The van der Waals surface area contributed by atoms with Crippen LogP contribution >= 0.6 is 0 Å². The summed E-state index contributed by atoms with van der Waals surface area (Å²) in [6.07, 6.45) is 0. The van der Waals surface area contributed by atoms with E-state index in [0.29, 0.717) is 17.1 Å². The summed E-state index contributed by atoms with van der Waals surface area (Å²) in [5.41, 5.74) is 0.213. The standard InChI is InChI=1S/C21H23N3O5/c1-21(15-7-9-16(28-2)10-8-15)19(26)24(20(27)23-21)13-18(25)22-12-14-5-4-6-17(11-14)29-3/h4-11H,12-13H2,1-3H3,(H,22,25)(H,23,27)/t21-/m0/s1. The molecule has 0 unspecified atom stereocenters. The Balaban J connectivity index is 1.65. The highest BCUT2D eigenvalue weighted by molar-refractivity contribution is 6.09. The van der Waals surface area contributed by atoms with Crippen LogP contribution in [0.4, 0.5) is 4.79 Å². The second kappa shape index (κ2) is 8.22. The first-order chi connectivity index (χ1) is 13.9. The molecular formula is C21H23N3O5. The summed E-state index contributed by atoms with van der Waals surface area (Å²) in [4.78, 5) is 38.5. The molecule has 29 heavy (non-hydrogen) atoms. The van der Waals surface area contributed by atoms with Gasteiger partial charge in [-0.3, -0.25) is 14.5 Å². The summed E-state index contributed by atoms with van der Waals surface area (Å²) in [7, 11) is 3.11. The van der Waals surface area contributed by atoms with Crippen LogP contribution in [-0.4, -0.2) is 43.5 Å². The minimum Gasteiger partial charge on any atom is -0.497 e. The van der Waals surface area contributed by atoms with Gasteiger partial charge >= 0.3 is 6.03 Å². The molecule has 8 heteroatoms. The van der Waals surface area contributed by atoms with E-state index in [-0.39, 0.29) is 13.1 Å². The van der Waals surface area contributed by atoms with Crippen molar-refractivity contribution in [2.45, 2.75) is 19.0 Å². The second-order valence-electron chi connectivity index (χ2n) is 6.80. The molecule has 0 aliphatic carbocycles. The second-order valence-corrected chi connectivity index (χ2v) is 6.80. The molecule has 0 spiro atoms. The van der Waals surface area contributed by atoms with Crippen molar-refractivity contribution in [3.05, 3.63) is 59.7 Å². The molecule has 1 atom stereocenters. The highest BCUT2D eigenvalue weighted by atomic mass is 16.5. The number of hydrogen-bond acceptors (Lipinski definition) is 5. The Hall–Kier alpha value is -3.55. The number of hydrogen-bond donors (Lipinski definition) is 2. The van der Waals surface area contributed by atoms with Gasteiger partial charge in [0.05, 0.1) is 14.2 Å². The number of methoxy groups -OCH3 is 2. The van der Waals surface area contributed by atoms with Crippen LogP contribution in [0.5, 0.6) is 11.5 Å². The van der Waals surface area contributed by atoms with Crippen LogP contribution < -0.4 is 20.1 Å². The maximum Gasteiger partial charge on any atom is 0.325 e. The maximum atomic E-state index is 12.9. The van der Waals surface area contributed by atoms with Gasteiger partial charge in [0.25, 0.3) is 5.91 Å². The van der Waals surface area contributed by atoms with Gasteiger partial charge in [0.1, 0.15) is 23.6 Å². The summed E-state index contributed by atoms with van der Waals surface area (Å²) in [5.74, 6) is 0.406. The van der Waals surface area contributed by atoms with Crippen LogP contribution in [0.25, 0.3) is 0 Å². The molecule has 1 fully saturated rings. The Bertz CT molecular complexity index is 928. The maximum absolute atomic E-state index is 12.9. The average molecular weight is 397 g/mol. The first-order valence-corrected chi connectivity index (χ1v) is 9.05. The van der Waals surface area contributed by atoms with Crippen molar-refractivity contribution in [2.24, 2.45) is 0 Å². The molecule has 4 amide bonds. The highest BCUT2D eigenvalue weighted by Gasteiger charge is 2.49. The summed E-state index contributed by atoms with van der Waals surface area (Å²) in [5, 5.41) is 5.39. The molecule has 1 aliphatic heterocycles. The van der Waals surface area contributed by atoms with Crippen LogP contribution in [0.15, 0.2) is 48.5 Å². The fraction of sp³-hybridized carbons (Fsp3) is 0.286. The monoisotopic (exact) mass is 397 g/mol. The van der Waals surface area contributed by atoms with Crippen molar-refractivity contribution in [1.29, 1.82) is 0 Å². The van der Waals surface area contributed by atoms with Gasteiger partial charge in [0.15, 0.2) is 0 Å². The molecule has 8 nitrogen and oxygen atoms in total. The van der Waals surface area contributed by atoms with E-state index in [1.165, 1.54) is 0 Å². The number of rotatable bonds is 7. The minimum atomic E-state index is -1.24. The molecular weight excluding hydrogens is 374 g/mol. The van der Waals surface area contributed by atoms with E-state index in [0.717, 1.165) is 10.5 Å². The van der Waals surface area contributed by atoms with Gasteiger partial charge < -0.3 is 20.1 Å². The topological polar surface area (TPSA) is 97.0 Å². The predicted molar refractivity (Wildman–Crippen MR) is 105 cm³/mol. The van der Waals surface area contributed by atoms with E-state index in [2.05, 4.69) is 10.6 Å². The molecule has 2 aromatic carbocycles. The van der Waals surface area contributed by atoms with E-state index in [4.69, 9.17) is 9.47 Å². The first-order valence-electron chi connectivity index (χ1n) is 9.05. The van der Waals surface area contributed by atoms with Crippen molar-refractivity contribution >= 4 is 17.8 Å². The summed E-state index contributed by atoms with van der Waals surface area (Å²) < 4.78 is 10.3. The largest absolute Gasteiger partial charge is 0.497 e. The van der Waals surface area contributed by atoms with E-state index < -0.39 is 23.4 Å². The van der Waals surface area contributed by atoms with Crippen molar-refractivity contribution in [3.63, 3.8) is 0 Å². The molecule has 2 N–H and O–H groups in total. The lowest BCUT2D eigenvalue weighted by Gasteiger charge is -2.22. The van der Waals surface area contributed by atoms with Gasteiger partial charge in [0, 0.05) is 6.54 Å². The van der Waals surface area contributed by atoms with Gasteiger partial charge in [-0.25, -0.2) is 4.79 Å². The predicted octanol–water partition coefficient (Wildman–Crippen LogP) is 1.79. The Morgan fingerprint density at radius 2 is 1.76 bits per heavy atom. The fourth-order valence-electron chi connectivity index (χ4n) is 3.14. The zero-order valence-electron chi connectivity index (χ0n) is 16.5. The van der Waals surface area contributed by atoms with Crippen molar-refractivity contribution < 1.29 is 23.9 Å². The Morgan fingerprint density at radius 3 is 2.41 bits per heavy atom. The van der Waals surface area contributed by atoms with E-state index in [1.807, 2.05) is 12.1 Å². The van der Waals surface area contributed by atoms with Crippen molar-refractivity contribution in [1.82, 2.24) is 15.5 Å². The average Bonchev–Trinajstić information content (AvgIpc) is 2.96. The molecule has 0 bridgehead atoms. The van der Waals surface area contributed by atoms with Crippen molar-refractivity contribution in [3.8, 4) is 11.5 Å². The number of nitrogens with zero attached hydrogens (tertiary/aromatic N) is 1. The van der Waals surface area contributed by atoms with Crippen LogP contribution in [0.1, 0.15) is 18.1 Å². The van der Waals surface area contributed by atoms with E-state index in [9.17, 15) is 14.4 Å². The van der Waals surface area contributed by atoms with Gasteiger partial charge in [-0.05, 0) is 42.3 Å². The zero-order chi connectivity index (χ0) is 21.0. The molecule has 3 rings (SSSR count). The molecule has 0 aromatic heterocycles. The van der Waals surface area contributed by atoms with Gasteiger partial charge in [-0.1, -0.05) is 24.3 Å². The molecule has 0 saturated carbocycles. The minimum absolute atomic E-state index is 0.259. The third-order valence-electron chi connectivity index (χ3n) is 4.87. The van der Waals surface area contributed by atoms with Crippen LogP contribution in [0.3, 0.4) is 0 Å². The molecule has 1 saturated heterocycles. The Kier molecular flexibility index (Phi) is 5.72. The zero-order valence-corrected chi connectivity index (χ0v) is 16.5. The van der Waals surface area contributed by atoms with Crippen LogP contribution in [0.2, 0.25) is 0 Å². The normalized spacial score (nSPS) is 18.4. The SMILES string of the molecule is COc1ccc([C@]2(C)NC(=O)N(CC(=O)NCc3cccc(OC)c3)C2=O)cc1. The summed E-state index contributed by atoms with van der Waals surface area (Å²) in [6, 6.07) is 13.5. The Morgan fingerprint density at radius 1 is 1.07 bits per heavy atom. The number of imide groups is 1. The number of urea groups is 1. The molecule has 1 heterocycles. The van der Waals surface area contributed by atoms with Crippen LogP contribution in [-0.2, 0) is 21.7 Å². The summed E-state index contributed by atoms with van der Waals surface area (Å²) in [6.45, 7) is 1.51. The number of ether oxygens (including phenoxy) is 2. The molecule has 152 valence electrons. The molecule has 2 aromatic rings. The fourth-order valence-corrected chi connectivity index (χ4v) is 3.14. The number of amides is 4. The number of benzene rings is 2. The smallest absolute Gasteiger partial charge is 0.325 e. The number of carbonyl (C=O) groups is 3. The number of nitrogens with one attached hydrogen (secondary N) is 2. The highest BCUT2D eigenvalue weighted by Crippen LogP contribution is 2.29. The summed E-state index contributed by atoms with van der Waals surface area (Å²) >= 11 is 0. The lowest BCUT2D eigenvalue weighted by Crippen LogP contribution is -2.43.